The first-order valence-electron chi connectivity index (χ1n) is 8.17. The van der Waals surface area contributed by atoms with Gasteiger partial charge >= 0.3 is 11.9 Å². The number of esters is 2. The fraction of sp³-hybridized carbons (Fsp3) is 0.158. The van der Waals surface area contributed by atoms with E-state index in [0.717, 1.165) is 0 Å². The van der Waals surface area contributed by atoms with Crippen molar-refractivity contribution in [2.45, 2.75) is 13.8 Å². The van der Waals surface area contributed by atoms with Crippen LogP contribution in [0.4, 0.5) is 4.39 Å². The maximum Gasteiger partial charge on any atom is 0.383 e. The Morgan fingerprint density at radius 3 is 2.33 bits per heavy atom. The second-order valence-corrected chi connectivity index (χ2v) is 5.51. The van der Waals surface area contributed by atoms with Gasteiger partial charge in [-0.05, 0) is 62.4 Å². The zero-order chi connectivity index (χ0) is 19.4. The minimum atomic E-state index is -0.747. The van der Waals surface area contributed by atoms with Gasteiger partial charge in [-0.25, -0.2) is 23.6 Å². The Kier molecular flexibility index (Phi) is 5.25. The SMILES string of the molecule is CCOC(=O)c1ccc(OC(=O)c2nc(C)n(-c3ccc(F)cc3)n2)cc1. The molecule has 27 heavy (non-hydrogen) atoms. The molecule has 0 bridgehead atoms. The summed E-state index contributed by atoms with van der Waals surface area (Å²) in [6.07, 6.45) is 0. The van der Waals surface area contributed by atoms with Crippen LogP contribution in [0.2, 0.25) is 0 Å². The second-order valence-electron chi connectivity index (χ2n) is 5.51. The number of benzene rings is 2. The van der Waals surface area contributed by atoms with Gasteiger partial charge in [-0.15, -0.1) is 5.10 Å². The topological polar surface area (TPSA) is 83.3 Å². The molecule has 0 fully saturated rings. The molecule has 0 radical (unpaired) electrons. The third-order valence-corrected chi connectivity index (χ3v) is 3.60. The number of aromatic nitrogens is 3. The number of aryl methyl sites for hydroxylation is 1. The molecule has 138 valence electrons. The molecule has 8 heteroatoms. The van der Waals surface area contributed by atoms with Crippen molar-refractivity contribution in [1.82, 2.24) is 14.8 Å². The predicted molar refractivity (Wildman–Crippen MR) is 93.4 cm³/mol. The molecule has 0 saturated carbocycles. The van der Waals surface area contributed by atoms with Crippen LogP contribution in [0.3, 0.4) is 0 Å². The summed E-state index contributed by atoms with van der Waals surface area (Å²) in [6.45, 7) is 3.66. The monoisotopic (exact) mass is 369 g/mol. The number of ether oxygens (including phenoxy) is 2. The van der Waals surface area contributed by atoms with Crippen LogP contribution in [0, 0.1) is 12.7 Å². The van der Waals surface area contributed by atoms with E-state index in [9.17, 15) is 14.0 Å². The molecule has 0 aliphatic rings. The molecule has 1 aromatic heterocycles. The summed E-state index contributed by atoms with van der Waals surface area (Å²) in [5.74, 6) is -1.02. The van der Waals surface area contributed by atoms with Gasteiger partial charge < -0.3 is 9.47 Å². The number of rotatable bonds is 5. The fourth-order valence-corrected chi connectivity index (χ4v) is 2.33. The van der Waals surface area contributed by atoms with E-state index in [1.165, 1.54) is 53.2 Å². The molecule has 0 amide bonds. The fourth-order valence-electron chi connectivity index (χ4n) is 2.33. The lowest BCUT2D eigenvalue weighted by molar-refractivity contribution is 0.0526. The summed E-state index contributed by atoms with van der Waals surface area (Å²) in [7, 11) is 0. The van der Waals surface area contributed by atoms with Crippen LogP contribution in [-0.4, -0.2) is 33.3 Å². The van der Waals surface area contributed by atoms with Crippen LogP contribution >= 0.6 is 0 Å². The number of carbonyl (C=O) groups is 2. The van der Waals surface area contributed by atoms with Crippen molar-refractivity contribution in [3.05, 3.63) is 71.6 Å². The number of hydrogen-bond acceptors (Lipinski definition) is 6. The Labute approximate surface area is 154 Å². The van der Waals surface area contributed by atoms with Gasteiger partial charge in [0.15, 0.2) is 0 Å². The van der Waals surface area contributed by atoms with Crippen molar-refractivity contribution in [2.24, 2.45) is 0 Å². The van der Waals surface area contributed by atoms with Crippen LogP contribution < -0.4 is 4.74 Å². The molecule has 3 aromatic rings. The van der Waals surface area contributed by atoms with Gasteiger partial charge in [0.1, 0.15) is 17.4 Å². The van der Waals surface area contributed by atoms with Gasteiger partial charge in [0.05, 0.1) is 17.9 Å². The average molecular weight is 369 g/mol. The lowest BCUT2D eigenvalue weighted by Crippen LogP contribution is -2.11. The third kappa shape index (κ3) is 4.17. The van der Waals surface area contributed by atoms with E-state index in [0.29, 0.717) is 17.1 Å². The maximum atomic E-state index is 13.1. The van der Waals surface area contributed by atoms with E-state index in [1.54, 1.807) is 13.8 Å². The van der Waals surface area contributed by atoms with Gasteiger partial charge in [-0.3, -0.25) is 0 Å². The molecule has 7 nitrogen and oxygen atoms in total. The van der Waals surface area contributed by atoms with E-state index in [2.05, 4.69) is 10.1 Å². The van der Waals surface area contributed by atoms with Crippen LogP contribution in [0.25, 0.3) is 5.69 Å². The molecule has 0 saturated heterocycles. The molecule has 0 N–H and O–H groups in total. The molecule has 0 aliphatic heterocycles. The summed E-state index contributed by atoms with van der Waals surface area (Å²) >= 11 is 0. The minimum Gasteiger partial charge on any atom is -0.462 e. The molecule has 0 unspecified atom stereocenters. The molecule has 1 heterocycles. The Morgan fingerprint density at radius 1 is 1.04 bits per heavy atom. The summed E-state index contributed by atoms with van der Waals surface area (Å²) in [6, 6.07) is 11.6. The molecule has 0 atom stereocenters. The van der Waals surface area contributed by atoms with Crippen molar-refractivity contribution in [3.63, 3.8) is 0 Å². The zero-order valence-electron chi connectivity index (χ0n) is 14.7. The lowest BCUT2D eigenvalue weighted by Gasteiger charge is -2.04. The molecule has 0 spiro atoms. The van der Waals surface area contributed by atoms with Crippen molar-refractivity contribution >= 4 is 11.9 Å². The molecule has 2 aromatic carbocycles. The molecule has 3 rings (SSSR count). The third-order valence-electron chi connectivity index (χ3n) is 3.60. The van der Waals surface area contributed by atoms with Gasteiger partial charge in [-0.2, -0.15) is 0 Å². The van der Waals surface area contributed by atoms with E-state index in [-0.39, 0.29) is 24.0 Å². The largest absolute Gasteiger partial charge is 0.462 e. The highest BCUT2D eigenvalue weighted by Crippen LogP contribution is 2.15. The zero-order valence-corrected chi connectivity index (χ0v) is 14.7. The summed E-state index contributed by atoms with van der Waals surface area (Å²) in [4.78, 5) is 28.0. The lowest BCUT2D eigenvalue weighted by atomic mass is 10.2. The first-order valence-corrected chi connectivity index (χ1v) is 8.17. The first-order chi connectivity index (χ1) is 13.0. The summed E-state index contributed by atoms with van der Waals surface area (Å²) in [5.41, 5.74) is 0.922. The van der Waals surface area contributed by atoms with Crippen molar-refractivity contribution < 1.29 is 23.5 Å². The van der Waals surface area contributed by atoms with Gasteiger partial charge in [0.25, 0.3) is 5.82 Å². The highest BCUT2D eigenvalue weighted by Gasteiger charge is 2.18. The quantitative estimate of drug-likeness (QED) is 0.508. The summed E-state index contributed by atoms with van der Waals surface area (Å²) < 4.78 is 24.6. The molecule has 0 aliphatic carbocycles. The van der Waals surface area contributed by atoms with Crippen LogP contribution in [0.1, 0.15) is 33.7 Å². The van der Waals surface area contributed by atoms with Crippen LogP contribution in [0.15, 0.2) is 48.5 Å². The van der Waals surface area contributed by atoms with Crippen molar-refractivity contribution in [2.75, 3.05) is 6.61 Å². The van der Waals surface area contributed by atoms with Gasteiger partial charge in [0, 0.05) is 0 Å². The minimum absolute atomic E-state index is 0.133. The Bertz CT molecular complexity index is 966. The average Bonchev–Trinajstić information content (AvgIpc) is 3.05. The number of carbonyl (C=O) groups excluding carboxylic acids is 2. The number of nitrogens with zero attached hydrogens (tertiary/aromatic N) is 3. The van der Waals surface area contributed by atoms with Crippen LogP contribution in [-0.2, 0) is 4.74 Å². The number of hydrogen-bond donors (Lipinski definition) is 0. The predicted octanol–water partition coefficient (Wildman–Crippen LogP) is 3.11. The van der Waals surface area contributed by atoms with Crippen LogP contribution in [0.5, 0.6) is 5.75 Å². The highest BCUT2D eigenvalue weighted by molar-refractivity contribution is 5.90. The van der Waals surface area contributed by atoms with Crippen molar-refractivity contribution in [1.29, 1.82) is 0 Å². The van der Waals surface area contributed by atoms with E-state index in [1.807, 2.05) is 0 Å². The Morgan fingerprint density at radius 2 is 1.70 bits per heavy atom. The number of halogens is 1. The first kappa shape index (κ1) is 18.2. The van der Waals surface area contributed by atoms with E-state index in [4.69, 9.17) is 9.47 Å². The van der Waals surface area contributed by atoms with Gasteiger partial charge in [0.2, 0.25) is 0 Å². The van der Waals surface area contributed by atoms with E-state index >= 15 is 0 Å². The normalized spacial score (nSPS) is 10.5. The van der Waals surface area contributed by atoms with E-state index < -0.39 is 11.9 Å². The smallest absolute Gasteiger partial charge is 0.383 e. The second kappa shape index (κ2) is 7.77. The highest BCUT2D eigenvalue weighted by atomic mass is 19.1. The molecular weight excluding hydrogens is 353 g/mol. The maximum absolute atomic E-state index is 13.1. The van der Waals surface area contributed by atoms with Gasteiger partial charge in [-0.1, -0.05) is 0 Å². The molecular formula is C19H16FN3O4. The Hall–Kier alpha value is -3.55. The van der Waals surface area contributed by atoms with Crippen molar-refractivity contribution in [3.8, 4) is 11.4 Å². The standard InChI is InChI=1S/C19H16FN3O4/c1-3-26-18(24)13-4-10-16(11-5-13)27-19(25)17-21-12(2)23(22-17)15-8-6-14(20)7-9-15/h4-11H,3H2,1-2H3. The summed E-state index contributed by atoms with van der Waals surface area (Å²) in [5, 5.41) is 4.11. The Balaban J connectivity index is 1.74.